The molecule has 39 heavy (non-hydrogen) atoms. The van der Waals surface area contributed by atoms with Crippen LogP contribution in [0.15, 0.2) is 53.4 Å². The molecule has 1 saturated heterocycles. The minimum Gasteiger partial charge on any atom is -0.437 e. The summed E-state index contributed by atoms with van der Waals surface area (Å²) in [5.74, 6) is -0.512. The van der Waals surface area contributed by atoms with Crippen LogP contribution in [0.4, 0.5) is 5.69 Å². The van der Waals surface area contributed by atoms with E-state index in [-0.39, 0.29) is 23.4 Å². The number of carbonyl (C=O) groups excluding carboxylic acids is 1. The molecule has 1 atom stereocenters. The van der Waals surface area contributed by atoms with Gasteiger partial charge in [-0.3, -0.25) is 14.9 Å². The van der Waals surface area contributed by atoms with E-state index in [0.29, 0.717) is 24.4 Å². The molecule has 4 rings (SSSR count). The third-order valence-corrected chi connectivity index (χ3v) is 7.65. The molecule has 2 heterocycles. The van der Waals surface area contributed by atoms with Gasteiger partial charge in [-0.1, -0.05) is 18.2 Å². The Hall–Kier alpha value is -3.81. The number of benzene rings is 2. The zero-order chi connectivity index (χ0) is 28.4. The van der Waals surface area contributed by atoms with Crippen molar-refractivity contribution < 1.29 is 27.6 Å². The number of nitro groups is 1. The largest absolute Gasteiger partial charge is 0.437 e. The van der Waals surface area contributed by atoms with Crippen LogP contribution in [-0.4, -0.2) is 53.8 Å². The van der Waals surface area contributed by atoms with Crippen LogP contribution < -0.4 is 14.8 Å². The summed E-state index contributed by atoms with van der Waals surface area (Å²) in [7, 11) is -4.25. The van der Waals surface area contributed by atoms with Crippen LogP contribution in [0, 0.1) is 17.0 Å². The second-order valence-corrected chi connectivity index (χ2v) is 11.9. The van der Waals surface area contributed by atoms with Crippen LogP contribution in [0.5, 0.6) is 11.6 Å². The van der Waals surface area contributed by atoms with Crippen LogP contribution in [-0.2, 0) is 14.8 Å². The molecule has 1 amide bonds. The van der Waals surface area contributed by atoms with Gasteiger partial charge in [-0.05, 0) is 58.7 Å². The summed E-state index contributed by atoms with van der Waals surface area (Å²) in [6.07, 6.45) is 1.72. The van der Waals surface area contributed by atoms with Crippen molar-refractivity contribution in [3.05, 3.63) is 69.9 Å². The van der Waals surface area contributed by atoms with Gasteiger partial charge < -0.3 is 14.8 Å². The molecule has 1 aromatic heterocycles. The molecule has 1 fully saturated rings. The Labute approximate surface area is 226 Å². The van der Waals surface area contributed by atoms with Crippen LogP contribution in [0.25, 0.3) is 5.69 Å². The Kier molecular flexibility index (Phi) is 8.04. The highest BCUT2D eigenvalue weighted by Gasteiger charge is 2.30. The average Bonchev–Trinajstić information content (AvgIpc) is 3.50. The van der Waals surface area contributed by atoms with Gasteiger partial charge in [-0.25, -0.2) is 13.1 Å². The molecule has 208 valence electrons. The third kappa shape index (κ3) is 6.61. The van der Waals surface area contributed by atoms with E-state index in [1.165, 1.54) is 10.7 Å². The number of nitro benzene ring substituents is 1. The van der Waals surface area contributed by atoms with Crippen LogP contribution >= 0.6 is 0 Å². The second kappa shape index (κ2) is 11.1. The van der Waals surface area contributed by atoms with Gasteiger partial charge in [-0.2, -0.15) is 9.78 Å². The van der Waals surface area contributed by atoms with Gasteiger partial charge in [0.1, 0.15) is 10.6 Å². The highest BCUT2D eigenvalue weighted by molar-refractivity contribution is 7.89. The van der Waals surface area contributed by atoms with Crippen LogP contribution in [0.1, 0.15) is 49.7 Å². The lowest BCUT2D eigenvalue weighted by Crippen LogP contribution is -2.40. The van der Waals surface area contributed by atoms with Crippen molar-refractivity contribution in [2.24, 2.45) is 0 Å². The fraction of sp³-hybridized carbons (Fsp3) is 0.385. The van der Waals surface area contributed by atoms with Gasteiger partial charge in [0.05, 0.1) is 16.7 Å². The molecule has 2 aromatic carbocycles. The Morgan fingerprint density at radius 2 is 1.95 bits per heavy atom. The van der Waals surface area contributed by atoms with E-state index in [1.54, 1.807) is 52.0 Å². The molecule has 0 spiro atoms. The van der Waals surface area contributed by atoms with E-state index >= 15 is 0 Å². The number of aromatic nitrogens is 2. The minimum atomic E-state index is -4.25. The zero-order valence-corrected chi connectivity index (χ0v) is 22.9. The first-order valence-corrected chi connectivity index (χ1v) is 13.9. The normalized spacial score (nSPS) is 15.7. The summed E-state index contributed by atoms with van der Waals surface area (Å²) < 4.78 is 42.2. The maximum absolute atomic E-state index is 13.3. The minimum absolute atomic E-state index is 0.0654. The SMILES string of the molecule is Cc1c(C(=O)NC[C@@H]2CCCO2)nn(-c2ccccc2)c1Oc1ccc([N+](=O)[O-])cc1S(=O)(=O)NC(C)(C)C. The summed E-state index contributed by atoms with van der Waals surface area (Å²) in [5.41, 5.74) is -0.274. The van der Waals surface area contributed by atoms with E-state index in [1.807, 2.05) is 6.07 Å². The molecule has 0 aliphatic carbocycles. The summed E-state index contributed by atoms with van der Waals surface area (Å²) in [6.45, 7) is 7.58. The summed E-state index contributed by atoms with van der Waals surface area (Å²) in [5, 5.41) is 18.8. The van der Waals surface area contributed by atoms with Gasteiger partial charge >= 0.3 is 0 Å². The zero-order valence-electron chi connectivity index (χ0n) is 22.1. The van der Waals surface area contributed by atoms with Gasteiger partial charge in [0, 0.05) is 36.4 Å². The molecule has 0 saturated carbocycles. The molecular weight excluding hydrogens is 526 g/mol. The number of rotatable bonds is 9. The van der Waals surface area contributed by atoms with E-state index in [0.717, 1.165) is 25.0 Å². The molecule has 0 radical (unpaired) electrons. The number of amides is 1. The maximum Gasteiger partial charge on any atom is 0.272 e. The molecule has 12 nitrogen and oxygen atoms in total. The smallest absolute Gasteiger partial charge is 0.272 e. The number of hydrogen-bond acceptors (Lipinski definition) is 8. The molecule has 13 heteroatoms. The van der Waals surface area contributed by atoms with Crippen molar-refractivity contribution in [3.8, 4) is 17.3 Å². The number of carbonyl (C=O) groups is 1. The molecule has 0 bridgehead atoms. The predicted molar refractivity (Wildman–Crippen MR) is 143 cm³/mol. The Morgan fingerprint density at radius 3 is 2.56 bits per heavy atom. The number of ether oxygens (including phenoxy) is 2. The lowest BCUT2D eigenvalue weighted by molar-refractivity contribution is -0.385. The van der Waals surface area contributed by atoms with E-state index in [4.69, 9.17) is 9.47 Å². The summed E-state index contributed by atoms with van der Waals surface area (Å²) >= 11 is 0. The Balaban J connectivity index is 1.78. The standard InChI is InChI=1S/C26H31N5O7S/c1-17-23(24(32)27-16-20-11-8-14-37-20)28-30(18-9-6-5-7-10-18)25(17)38-21-13-12-19(31(33)34)15-22(21)39(35,36)29-26(2,3)4/h5-7,9-10,12-13,15,20,29H,8,11,14,16H2,1-4H3,(H,27,32)/t20-/m0/s1. The number of sulfonamides is 1. The highest BCUT2D eigenvalue weighted by atomic mass is 32.2. The van der Waals surface area contributed by atoms with E-state index in [9.17, 15) is 23.3 Å². The summed E-state index contributed by atoms with van der Waals surface area (Å²) in [6, 6.07) is 12.2. The summed E-state index contributed by atoms with van der Waals surface area (Å²) in [4.78, 5) is 23.4. The number of nitrogens with zero attached hydrogens (tertiary/aromatic N) is 3. The first-order valence-electron chi connectivity index (χ1n) is 12.4. The molecule has 1 aliphatic heterocycles. The van der Waals surface area contributed by atoms with Crippen LogP contribution in [0.3, 0.4) is 0 Å². The van der Waals surface area contributed by atoms with Gasteiger partial charge in [0.15, 0.2) is 5.69 Å². The van der Waals surface area contributed by atoms with Crippen molar-refractivity contribution in [2.75, 3.05) is 13.2 Å². The van der Waals surface area contributed by atoms with Crippen molar-refractivity contribution >= 4 is 21.6 Å². The monoisotopic (exact) mass is 557 g/mol. The van der Waals surface area contributed by atoms with Gasteiger partial charge in [0.2, 0.25) is 15.9 Å². The average molecular weight is 558 g/mol. The first-order chi connectivity index (χ1) is 18.4. The molecule has 0 unspecified atom stereocenters. The van der Waals surface area contributed by atoms with Crippen molar-refractivity contribution in [3.63, 3.8) is 0 Å². The van der Waals surface area contributed by atoms with Crippen LogP contribution in [0.2, 0.25) is 0 Å². The van der Waals surface area contributed by atoms with Gasteiger partial charge in [0.25, 0.3) is 11.6 Å². The van der Waals surface area contributed by atoms with E-state index in [2.05, 4.69) is 15.1 Å². The second-order valence-electron chi connectivity index (χ2n) is 10.2. The fourth-order valence-corrected chi connectivity index (χ4v) is 5.69. The predicted octanol–water partition coefficient (Wildman–Crippen LogP) is 3.87. The third-order valence-electron chi connectivity index (χ3n) is 5.87. The Morgan fingerprint density at radius 1 is 1.23 bits per heavy atom. The first kappa shape index (κ1) is 28.2. The lowest BCUT2D eigenvalue weighted by Gasteiger charge is -2.21. The van der Waals surface area contributed by atoms with E-state index < -0.39 is 37.0 Å². The maximum atomic E-state index is 13.3. The van der Waals surface area contributed by atoms with Crippen molar-refractivity contribution in [2.45, 2.75) is 57.1 Å². The molecular formula is C26H31N5O7S. The molecule has 1 aliphatic rings. The fourth-order valence-electron chi connectivity index (χ4n) is 4.12. The number of para-hydroxylation sites is 1. The molecule has 2 N–H and O–H groups in total. The quantitative estimate of drug-likeness (QED) is 0.297. The number of hydrogen-bond donors (Lipinski definition) is 2. The Bertz CT molecular complexity index is 1470. The van der Waals surface area contributed by atoms with Crippen molar-refractivity contribution in [1.29, 1.82) is 0 Å². The van der Waals surface area contributed by atoms with Gasteiger partial charge in [-0.15, -0.1) is 0 Å². The molecule has 3 aromatic rings. The highest BCUT2D eigenvalue weighted by Crippen LogP contribution is 2.36. The number of nitrogens with one attached hydrogen (secondary N) is 2. The number of non-ortho nitro benzene ring substituents is 1. The topological polar surface area (TPSA) is 155 Å². The lowest BCUT2D eigenvalue weighted by atomic mass is 10.1. The van der Waals surface area contributed by atoms with Crippen molar-refractivity contribution in [1.82, 2.24) is 19.8 Å².